The molecule has 0 aliphatic heterocycles. The first kappa shape index (κ1) is 49.7. The molecule has 66 heavy (non-hydrogen) atoms. The zero-order chi connectivity index (χ0) is 48.1. The summed E-state index contributed by atoms with van der Waals surface area (Å²) in [5.41, 5.74) is -5.68. The molecule has 0 saturated heterocycles. The minimum atomic E-state index is -4.97. The average Bonchev–Trinajstić information content (AvgIpc) is 4.22. The highest BCUT2D eigenvalue weighted by Gasteiger charge is 2.56. The molecule has 12 nitrogen and oxygen atoms in total. The third-order valence-corrected chi connectivity index (χ3v) is 14.7. The molecule has 4 N–H and O–H groups in total. The van der Waals surface area contributed by atoms with Gasteiger partial charge in [-0.3, -0.25) is 9.59 Å². The van der Waals surface area contributed by atoms with Gasteiger partial charge in [0.05, 0.1) is 24.3 Å². The summed E-state index contributed by atoms with van der Waals surface area (Å²) in [5, 5.41) is 25.7. The Kier molecular flexibility index (Phi) is 14.8. The lowest BCUT2D eigenvalue weighted by Gasteiger charge is -2.31. The van der Waals surface area contributed by atoms with Crippen LogP contribution in [0.25, 0.3) is 0 Å². The van der Waals surface area contributed by atoms with Crippen molar-refractivity contribution >= 4 is 42.9 Å². The molecule has 2 aliphatic carbocycles. The number of rotatable bonds is 16. The smallest absolute Gasteiger partial charge is 0.376 e. The number of nitrogens with one attached hydrogen (secondary N) is 2. The molecule has 7 rings (SSSR count). The number of sulfone groups is 2. The lowest BCUT2D eigenvalue weighted by molar-refractivity contribution is -0.267. The molecule has 0 bridgehead atoms. The number of amides is 2. The molecular formula is C46H46F6N4O8S2. The normalized spacial score (nSPS) is 16.2. The Hall–Kier alpha value is -5.70. The molecule has 352 valence electrons. The van der Waals surface area contributed by atoms with Gasteiger partial charge in [-0.25, -0.2) is 26.8 Å². The Morgan fingerprint density at radius 2 is 0.970 bits per heavy atom. The van der Waals surface area contributed by atoms with Crippen molar-refractivity contribution in [2.24, 2.45) is 11.8 Å². The second-order valence-electron chi connectivity index (χ2n) is 16.3. The number of carbonyl (C=O) groups excluding carboxylic acids is 2. The van der Waals surface area contributed by atoms with Gasteiger partial charge in [0, 0.05) is 23.8 Å². The van der Waals surface area contributed by atoms with Crippen molar-refractivity contribution in [1.82, 2.24) is 9.97 Å². The Morgan fingerprint density at radius 3 is 1.30 bits per heavy atom. The molecule has 2 heterocycles. The highest BCUT2D eigenvalue weighted by atomic mass is 32.2. The van der Waals surface area contributed by atoms with E-state index in [2.05, 4.69) is 20.6 Å². The molecule has 2 aliphatic rings. The van der Waals surface area contributed by atoms with E-state index in [-0.39, 0.29) is 74.3 Å². The van der Waals surface area contributed by atoms with E-state index in [1.807, 2.05) is 0 Å². The highest BCUT2D eigenvalue weighted by molar-refractivity contribution is 7.91. The van der Waals surface area contributed by atoms with Crippen LogP contribution in [0.1, 0.15) is 66.8 Å². The number of hydrogen-bond donors (Lipinski definition) is 4. The lowest BCUT2D eigenvalue weighted by atomic mass is 9.85. The number of carbonyl (C=O) groups is 2. The summed E-state index contributed by atoms with van der Waals surface area (Å²) in [5.74, 6) is -0.348. The minimum Gasteiger partial charge on any atom is -0.376 e. The molecule has 2 unspecified atom stereocenters. The van der Waals surface area contributed by atoms with Crippen molar-refractivity contribution in [1.29, 1.82) is 0 Å². The molecule has 2 fully saturated rings. The fourth-order valence-corrected chi connectivity index (χ4v) is 10.1. The Bertz CT molecular complexity index is 2700. The van der Waals surface area contributed by atoms with Gasteiger partial charge in [-0.1, -0.05) is 73.7 Å². The van der Waals surface area contributed by atoms with Crippen LogP contribution in [0, 0.1) is 11.8 Å². The van der Waals surface area contributed by atoms with Crippen molar-refractivity contribution in [3.05, 3.63) is 143 Å². The summed E-state index contributed by atoms with van der Waals surface area (Å²) in [7, 11) is -6.88. The van der Waals surface area contributed by atoms with E-state index in [1.54, 1.807) is 6.07 Å². The Morgan fingerprint density at radius 1 is 0.576 bits per heavy atom. The molecule has 2 amide bonds. The van der Waals surface area contributed by atoms with E-state index in [0.29, 0.717) is 11.1 Å². The van der Waals surface area contributed by atoms with Crippen LogP contribution in [-0.4, -0.2) is 72.7 Å². The summed E-state index contributed by atoms with van der Waals surface area (Å²) >= 11 is 0. The van der Waals surface area contributed by atoms with Gasteiger partial charge in [0.25, 0.3) is 0 Å². The van der Waals surface area contributed by atoms with Gasteiger partial charge in [0.2, 0.25) is 17.4 Å². The SMILES string of the molecule is CCC(O)(c1ccc(NC(=O)Cc2ccc(S(=O)(=O)CC3CC3)nc2)cc1)C(F)(F)F.O=C(Cc1ccc(S(=O)(=O)CC2CC2)nc1)Nc1ccc(C(O)(c2ccccc2)C(F)(F)F)cc1. The maximum atomic E-state index is 13.8. The van der Waals surface area contributed by atoms with Crippen LogP contribution in [0.3, 0.4) is 0 Å². The van der Waals surface area contributed by atoms with Gasteiger partial charge in [0.15, 0.2) is 35.3 Å². The maximum absolute atomic E-state index is 13.8. The maximum Gasteiger partial charge on any atom is 0.425 e. The van der Waals surface area contributed by atoms with Crippen LogP contribution < -0.4 is 10.6 Å². The summed E-state index contributed by atoms with van der Waals surface area (Å²) in [6.45, 7) is 1.24. The fourth-order valence-electron chi connectivity index (χ4n) is 6.91. The van der Waals surface area contributed by atoms with Gasteiger partial charge in [-0.15, -0.1) is 0 Å². The van der Waals surface area contributed by atoms with Crippen LogP contribution in [0.2, 0.25) is 0 Å². The predicted molar refractivity (Wildman–Crippen MR) is 231 cm³/mol. The predicted octanol–water partition coefficient (Wildman–Crippen LogP) is 7.85. The van der Waals surface area contributed by atoms with E-state index >= 15 is 0 Å². The number of anilines is 2. The number of nitrogens with zero attached hydrogens (tertiary/aromatic N) is 2. The second-order valence-corrected chi connectivity index (χ2v) is 20.3. The molecule has 2 aromatic heterocycles. The van der Waals surface area contributed by atoms with Crippen molar-refractivity contribution in [2.45, 2.75) is 85.5 Å². The van der Waals surface area contributed by atoms with Crippen LogP contribution in [0.15, 0.2) is 126 Å². The van der Waals surface area contributed by atoms with Crippen LogP contribution in [-0.2, 0) is 53.3 Å². The quantitative estimate of drug-likeness (QED) is 0.0708. The number of hydrogen-bond acceptors (Lipinski definition) is 10. The minimum absolute atomic E-state index is 0.0211. The van der Waals surface area contributed by atoms with Crippen molar-refractivity contribution in [2.75, 3.05) is 22.1 Å². The van der Waals surface area contributed by atoms with Crippen molar-refractivity contribution in [3.63, 3.8) is 0 Å². The molecule has 0 spiro atoms. The lowest BCUT2D eigenvalue weighted by Crippen LogP contribution is -2.43. The summed E-state index contributed by atoms with van der Waals surface area (Å²) in [6.07, 6.45) is -4.24. The van der Waals surface area contributed by atoms with Crippen molar-refractivity contribution < 1.29 is 63.0 Å². The van der Waals surface area contributed by atoms with Crippen LogP contribution in [0.4, 0.5) is 37.7 Å². The first-order valence-electron chi connectivity index (χ1n) is 20.7. The Balaban J connectivity index is 0.000000220. The average molecular weight is 961 g/mol. The number of benzene rings is 3. The molecular weight excluding hydrogens is 915 g/mol. The van der Waals surface area contributed by atoms with Crippen LogP contribution >= 0.6 is 0 Å². The number of halogens is 6. The number of alkyl halides is 6. The van der Waals surface area contributed by atoms with E-state index in [4.69, 9.17) is 0 Å². The molecule has 5 aromatic rings. The Labute approximate surface area is 377 Å². The third kappa shape index (κ3) is 12.2. The molecule has 3 aromatic carbocycles. The van der Waals surface area contributed by atoms with Gasteiger partial charge in [-0.05, 0) is 108 Å². The summed E-state index contributed by atoms with van der Waals surface area (Å²) in [6, 6.07) is 22.1. The fraction of sp³-hybridized carbons (Fsp3) is 0.348. The highest BCUT2D eigenvalue weighted by Crippen LogP contribution is 2.45. The summed E-state index contributed by atoms with van der Waals surface area (Å²) in [4.78, 5) is 32.6. The van der Waals surface area contributed by atoms with E-state index in [0.717, 1.165) is 49.9 Å². The monoisotopic (exact) mass is 960 g/mol. The first-order valence-corrected chi connectivity index (χ1v) is 24.0. The van der Waals surface area contributed by atoms with Gasteiger partial charge >= 0.3 is 12.4 Å². The van der Waals surface area contributed by atoms with E-state index < -0.39 is 61.5 Å². The van der Waals surface area contributed by atoms with Gasteiger partial charge in [-0.2, -0.15) is 26.3 Å². The summed E-state index contributed by atoms with van der Waals surface area (Å²) < 4.78 is 130. The second kappa shape index (κ2) is 19.6. The standard InChI is InChI=1S/C25H23F3N2O4S.C21H23F3N2O4S/c26-25(27,28)24(32,19-4-2-1-3-5-19)20-9-11-21(12-10-20)30-22(31)14-18-8-13-23(29-15-18)35(33,34)16-17-6-7-17;1-2-20(28,21(22,23)24)16-6-8-17(9-7-16)26-18(27)11-15-5-10-19(25-12-15)31(29,30)13-14-3-4-14/h1-5,8-13,15,17,32H,6-7,14,16H2,(H,30,31);5-10,12,14,28H,2-4,11,13H2,1H3,(H,26,27). The zero-order valence-corrected chi connectivity index (χ0v) is 36.9. The van der Waals surface area contributed by atoms with Gasteiger partial charge < -0.3 is 20.8 Å². The number of aromatic nitrogens is 2. The van der Waals surface area contributed by atoms with E-state index in [9.17, 15) is 63.0 Å². The van der Waals surface area contributed by atoms with Gasteiger partial charge in [0.1, 0.15) is 0 Å². The zero-order valence-electron chi connectivity index (χ0n) is 35.3. The topological polar surface area (TPSA) is 193 Å². The van der Waals surface area contributed by atoms with E-state index in [1.165, 1.54) is 92.1 Å². The number of pyridine rings is 2. The largest absolute Gasteiger partial charge is 0.425 e. The van der Waals surface area contributed by atoms with Crippen LogP contribution in [0.5, 0.6) is 0 Å². The molecule has 2 saturated carbocycles. The molecule has 0 radical (unpaired) electrons. The van der Waals surface area contributed by atoms with Crippen molar-refractivity contribution in [3.8, 4) is 0 Å². The molecule has 20 heteroatoms. The first-order chi connectivity index (χ1) is 30.9. The number of aliphatic hydroxyl groups is 2. The molecule has 2 atom stereocenters. The third-order valence-electron chi connectivity index (χ3n) is 11.1.